The fourth-order valence-corrected chi connectivity index (χ4v) is 4.44. The Hall–Kier alpha value is -3.74. The van der Waals surface area contributed by atoms with Crippen LogP contribution in [0, 0.1) is 11.3 Å². The van der Waals surface area contributed by atoms with Crippen LogP contribution >= 0.6 is 11.8 Å². The van der Waals surface area contributed by atoms with Crippen molar-refractivity contribution in [2.45, 2.75) is 4.90 Å². The van der Waals surface area contributed by atoms with E-state index in [2.05, 4.69) is 15.0 Å². The number of carbonyl (C=O) groups excluding carboxylic acids is 1. The number of pyridine rings is 1. The molecule has 4 heterocycles. The van der Waals surface area contributed by atoms with Crippen molar-refractivity contribution in [1.29, 1.82) is 5.26 Å². The number of nitriles is 1. The number of rotatable bonds is 4. The second-order valence-corrected chi connectivity index (χ2v) is 8.34. The monoisotopic (exact) mass is 456 g/mol. The molecule has 0 bridgehead atoms. The lowest BCUT2D eigenvalue weighted by Crippen LogP contribution is -2.40. The Bertz CT molecular complexity index is 1370. The van der Waals surface area contributed by atoms with Crippen molar-refractivity contribution in [3.8, 4) is 23.3 Å². The summed E-state index contributed by atoms with van der Waals surface area (Å²) in [6, 6.07) is 13.1. The fraction of sp³-hybridized carbons (Fsp3) is 0.208. The number of amides is 1. The van der Waals surface area contributed by atoms with Crippen LogP contribution in [0.5, 0.6) is 0 Å². The molecule has 0 atom stereocenters. The van der Waals surface area contributed by atoms with E-state index in [-0.39, 0.29) is 5.91 Å². The first-order valence-corrected chi connectivity index (χ1v) is 11.7. The maximum Gasteiger partial charge on any atom is 0.254 e. The minimum Gasteiger partial charge on any atom is -0.378 e. The zero-order chi connectivity index (χ0) is 22.8. The summed E-state index contributed by atoms with van der Waals surface area (Å²) < 4.78 is 7.27. The van der Waals surface area contributed by atoms with Crippen LogP contribution in [0.1, 0.15) is 16.1 Å². The largest absolute Gasteiger partial charge is 0.378 e. The predicted molar refractivity (Wildman–Crippen MR) is 125 cm³/mol. The molecule has 0 saturated carbocycles. The zero-order valence-electron chi connectivity index (χ0n) is 17.9. The Labute approximate surface area is 194 Å². The molecule has 9 heteroatoms. The molecule has 8 nitrogen and oxygen atoms in total. The number of ether oxygens (including phenoxy) is 1. The van der Waals surface area contributed by atoms with Crippen molar-refractivity contribution in [1.82, 2.24) is 24.4 Å². The first-order valence-electron chi connectivity index (χ1n) is 10.4. The molecular weight excluding hydrogens is 436 g/mol. The molecule has 1 aliphatic heterocycles. The molecule has 3 aromatic heterocycles. The van der Waals surface area contributed by atoms with E-state index in [0.29, 0.717) is 49.2 Å². The van der Waals surface area contributed by atoms with Gasteiger partial charge in [-0.25, -0.2) is 15.0 Å². The van der Waals surface area contributed by atoms with Crippen LogP contribution in [-0.4, -0.2) is 62.9 Å². The zero-order valence-corrected chi connectivity index (χ0v) is 18.7. The number of fused-ring (bicyclic) bond motifs is 1. The SMILES string of the molecule is CSc1cn(-c2ncc(-c3cccc(C#N)n3)cn2)c2cc(C(=O)N3CCOCC3)ccc12. The number of aromatic nitrogens is 4. The van der Waals surface area contributed by atoms with Crippen LogP contribution in [0.15, 0.2) is 59.9 Å². The van der Waals surface area contributed by atoms with Crippen LogP contribution in [0.2, 0.25) is 0 Å². The number of nitrogens with zero attached hydrogens (tertiary/aromatic N) is 6. The van der Waals surface area contributed by atoms with Gasteiger partial charge in [0, 0.05) is 53.1 Å². The maximum atomic E-state index is 13.0. The van der Waals surface area contributed by atoms with Crippen molar-refractivity contribution in [3.05, 3.63) is 66.2 Å². The predicted octanol–water partition coefficient (Wildman–Crippen LogP) is 3.55. The first-order chi connectivity index (χ1) is 16.2. The highest BCUT2D eigenvalue weighted by atomic mass is 32.2. The molecule has 33 heavy (non-hydrogen) atoms. The van der Waals surface area contributed by atoms with Crippen LogP contribution < -0.4 is 0 Å². The quantitative estimate of drug-likeness (QED) is 0.433. The Morgan fingerprint density at radius 2 is 1.94 bits per heavy atom. The third-order valence-corrected chi connectivity index (χ3v) is 6.31. The van der Waals surface area contributed by atoms with E-state index in [1.807, 2.05) is 52.3 Å². The van der Waals surface area contributed by atoms with Gasteiger partial charge in [0.2, 0.25) is 5.95 Å². The summed E-state index contributed by atoms with van der Waals surface area (Å²) in [4.78, 5) is 29.3. The van der Waals surface area contributed by atoms with E-state index in [9.17, 15) is 4.79 Å². The lowest BCUT2D eigenvalue weighted by atomic mass is 10.1. The molecule has 0 aliphatic carbocycles. The smallest absolute Gasteiger partial charge is 0.254 e. The van der Waals surface area contributed by atoms with Crippen LogP contribution in [0.4, 0.5) is 0 Å². The van der Waals surface area contributed by atoms with Gasteiger partial charge in [-0.3, -0.25) is 9.36 Å². The molecule has 0 radical (unpaired) electrons. The van der Waals surface area contributed by atoms with E-state index < -0.39 is 0 Å². The minimum atomic E-state index is -0.00151. The summed E-state index contributed by atoms with van der Waals surface area (Å²) in [5.74, 6) is 0.495. The fourth-order valence-electron chi connectivity index (χ4n) is 3.84. The summed E-state index contributed by atoms with van der Waals surface area (Å²) >= 11 is 1.63. The Morgan fingerprint density at radius 1 is 1.15 bits per heavy atom. The lowest BCUT2D eigenvalue weighted by molar-refractivity contribution is 0.0303. The second-order valence-electron chi connectivity index (χ2n) is 7.50. The van der Waals surface area contributed by atoms with Gasteiger partial charge in [-0.15, -0.1) is 11.8 Å². The average molecular weight is 457 g/mol. The van der Waals surface area contributed by atoms with Crippen molar-refractivity contribution < 1.29 is 9.53 Å². The van der Waals surface area contributed by atoms with E-state index in [1.165, 1.54) is 0 Å². The molecule has 1 saturated heterocycles. The number of carbonyl (C=O) groups is 1. The van der Waals surface area contributed by atoms with E-state index in [0.717, 1.165) is 21.4 Å². The molecule has 0 N–H and O–H groups in total. The van der Waals surface area contributed by atoms with Gasteiger partial charge in [0.15, 0.2) is 0 Å². The van der Waals surface area contributed by atoms with Crippen molar-refractivity contribution in [2.24, 2.45) is 0 Å². The molecular formula is C24H20N6O2S. The standard InChI is InChI=1S/C24H20N6O2S/c1-33-22-15-30(24-26-13-17(14-27-24)20-4-2-3-18(12-25)28-20)21-11-16(5-6-19(21)22)23(31)29-7-9-32-10-8-29/h2-6,11,13-15H,7-10H2,1H3. The molecule has 1 amide bonds. The Balaban J connectivity index is 1.53. The molecule has 164 valence electrons. The van der Waals surface area contributed by atoms with Crippen LogP contribution in [0.25, 0.3) is 28.1 Å². The third kappa shape index (κ3) is 4.06. The Morgan fingerprint density at radius 3 is 2.67 bits per heavy atom. The molecule has 0 spiro atoms. The van der Waals surface area contributed by atoms with Crippen LogP contribution in [-0.2, 0) is 4.74 Å². The summed E-state index contributed by atoms with van der Waals surface area (Å²) in [5.41, 5.74) is 3.21. The number of hydrogen-bond acceptors (Lipinski definition) is 7. The second kappa shape index (κ2) is 9.02. The minimum absolute atomic E-state index is 0.00151. The molecule has 5 rings (SSSR count). The average Bonchev–Trinajstić information content (AvgIpc) is 3.27. The van der Waals surface area contributed by atoms with Gasteiger partial charge in [-0.1, -0.05) is 12.1 Å². The molecule has 1 fully saturated rings. The number of benzene rings is 1. The van der Waals surface area contributed by atoms with E-state index in [1.54, 1.807) is 36.3 Å². The van der Waals surface area contributed by atoms with Gasteiger partial charge in [-0.05, 0) is 30.5 Å². The van der Waals surface area contributed by atoms with E-state index in [4.69, 9.17) is 10.00 Å². The number of morpholine rings is 1. The van der Waals surface area contributed by atoms with Crippen molar-refractivity contribution in [3.63, 3.8) is 0 Å². The summed E-state index contributed by atoms with van der Waals surface area (Å²) in [7, 11) is 0. The van der Waals surface area contributed by atoms with Gasteiger partial charge >= 0.3 is 0 Å². The number of thioether (sulfide) groups is 1. The summed E-state index contributed by atoms with van der Waals surface area (Å²) in [6.45, 7) is 2.32. The van der Waals surface area contributed by atoms with Gasteiger partial charge in [-0.2, -0.15) is 5.26 Å². The summed E-state index contributed by atoms with van der Waals surface area (Å²) in [6.07, 6.45) is 7.39. The highest BCUT2D eigenvalue weighted by Crippen LogP contribution is 2.31. The van der Waals surface area contributed by atoms with Crippen LogP contribution in [0.3, 0.4) is 0 Å². The topological polar surface area (TPSA) is 96.9 Å². The molecule has 0 unspecified atom stereocenters. The lowest BCUT2D eigenvalue weighted by Gasteiger charge is -2.26. The number of hydrogen-bond donors (Lipinski definition) is 0. The molecule has 1 aromatic carbocycles. The Kier molecular flexibility index (Phi) is 5.77. The van der Waals surface area contributed by atoms with E-state index >= 15 is 0 Å². The highest BCUT2D eigenvalue weighted by molar-refractivity contribution is 7.98. The summed E-state index contributed by atoms with van der Waals surface area (Å²) in [5, 5.41) is 10.1. The van der Waals surface area contributed by atoms with Gasteiger partial charge in [0.1, 0.15) is 11.8 Å². The molecule has 4 aromatic rings. The maximum absolute atomic E-state index is 13.0. The van der Waals surface area contributed by atoms with Gasteiger partial charge in [0.25, 0.3) is 5.91 Å². The van der Waals surface area contributed by atoms with Crippen molar-refractivity contribution >= 4 is 28.6 Å². The highest BCUT2D eigenvalue weighted by Gasteiger charge is 2.20. The van der Waals surface area contributed by atoms with Crippen molar-refractivity contribution in [2.75, 3.05) is 32.6 Å². The molecule has 1 aliphatic rings. The first kappa shape index (κ1) is 21.1. The third-order valence-electron chi connectivity index (χ3n) is 5.55. The van der Waals surface area contributed by atoms with Gasteiger partial charge < -0.3 is 9.64 Å². The normalized spacial score (nSPS) is 13.8. The van der Waals surface area contributed by atoms with Gasteiger partial charge in [0.05, 0.1) is 24.4 Å².